The molecule has 0 fully saturated rings. The Kier molecular flexibility index (Phi) is 4.53. The minimum absolute atomic E-state index is 0.0101. The average molecular weight is 322 g/mol. The molecule has 0 unspecified atom stereocenters. The molecule has 4 heteroatoms. The largest absolute Gasteiger partial charge is 0.308 e. The summed E-state index contributed by atoms with van der Waals surface area (Å²) in [6, 6.07) is 19.7. The molecule has 1 heterocycles. The van der Waals surface area contributed by atoms with Gasteiger partial charge in [-0.2, -0.15) is 0 Å². The van der Waals surface area contributed by atoms with E-state index in [-0.39, 0.29) is 5.91 Å². The van der Waals surface area contributed by atoms with Crippen LogP contribution in [0.4, 0.5) is 5.69 Å². The Bertz CT molecular complexity index is 797. The summed E-state index contributed by atoms with van der Waals surface area (Å²) in [6.07, 6.45) is 0. The van der Waals surface area contributed by atoms with Crippen LogP contribution in [0, 0.1) is 6.92 Å². The molecule has 0 saturated carbocycles. The molecule has 3 rings (SSSR count). The Balaban J connectivity index is 1.95. The van der Waals surface area contributed by atoms with Crippen molar-refractivity contribution in [2.75, 3.05) is 11.4 Å². The molecule has 23 heavy (non-hydrogen) atoms. The Morgan fingerprint density at radius 1 is 1.04 bits per heavy atom. The summed E-state index contributed by atoms with van der Waals surface area (Å²) in [5, 5.41) is 0.885. The normalized spacial score (nSPS) is 10.5. The number of nitrogens with zero attached hydrogens (tertiary/aromatic N) is 2. The van der Waals surface area contributed by atoms with Crippen molar-refractivity contribution in [2.45, 2.75) is 13.8 Å². The van der Waals surface area contributed by atoms with Gasteiger partial charge in [0.05, 0.1) is 5.69 Å². The number of benzene rings is 2. The number of hydrogen-bond donors (Lipinski definition) is 0. The van der Waals surface area contributed by atoms with Crippen LogP contribution in [0.5, 0.6) is 0 Å². The first-order valence-electron chi connectivity index (χ1n) is 7.60. The minimum Gasteiger partial charge on any atom is -0.308 e. The van der Waals surface area contributed by atoms with Gasteiger partial charge in [0.1, 0.15) is 9.88 Å². The van der Waals surface area contributed by atoms with Crippen molar-refractivity contribution in [2.24, 2.45) is 0 Å². The van der Waals surface area contributed by atoms with Gasteiger partial charge in [0.2, 0.25) is 0 Å². The van der Waals surface area contributed by atoms with Crippen LogP contribution in [0.25, 0.3) is 10.6 Å². The maximum Gasteiger partial charge on any atom is 0.270 e. The molecule has 3 nitrogen and oxygen atoms in total. The van der Waals surface area contributed by atoms with E-state index in [2.05, 4.69) is 4.98 Å². The van der Waals surface area contributed by atoms with Gasteiger partial charge in [-0.25, -0.2) is 4.98 Å². The summed E-state index contributed by atoms with van der Waals surface area (Å²) in [6.45, 7) is 4.51. The molecule has 116 valence electrons. The predicted octanol–water partition coefficient (Wildman–Crippen LogP) is 4.79. The van der Waals surface area contributed by atoms with Gasteiger partial charge in [-0.1, -0.05) is 48.5 Å². The third-order valence-corrected chi connectivity index (χ3v) is 4.84. The Morgan fingerprint density at radius 2 is 1.65 bits per heavy atom. The summed E-state index contributed by atoms with van der Waals surface area (Å²) in [5.41, 5.74) is 2.74. The lowest BCUT2D eigenvalue weighted by molar-refractivity contribution is 0.0991. The smallest absolute Gasteiger partial charge is 0.270 e. The molecule has 1 aromatic heterocycles. The van der Waals surface area contributed by atoms with Gasteiger partial charge >= 0.3 is 0 Å². The van der Waals surface area contributed by atoms with Crippen LogP contribution >= 0.6 is 11.3 Å². The standard InChI is InChI=1S/C19H18N2OS/c1-3-21(16-12-8-5-9-13-16)19(22)17-14(2)20-18(23-17)15-10-6-4-7-11-15/h4-13H,3H2,1-2H3. The molecule has 0 aliphatic rings. The molecule has 0 spiro atoms. The monoisotopic (exact) mass is 322 g/mol. The van der Waals surface area contributed by atoms with Crippen molar-refractivity contribution in [3.63, 3.8) is 0 Å². The highest BCUT2D eigenvalue weighted by atomic mass is 32.1. The number of hydrogen-bond acceptors (Lipinski definition) is 3. The predicted molar refractivity (Wildman–Crippen MR) is 96.1 cm³/mol. The molecule has 0 N–H and O–H groups in total. The third-order valence-electron chi connectivity index (χ3n) is 3.64. The first-order valence-corrected chi connectivity index (χ1v) is 8.42. The van der Waals surface area contributed by atoms with Crippen molar-refractivity contribution in [1.29, 1.82) is 0 Å². The maximum absolute atomic E-state index is 12.9. The van der Waals surface area contributed by atoms with Crippen molar-refractivity contribution in [1.82, 2.24) is 4.98 Å². The number of carbonyl (C=O) groups excluding carboxylic acids is 1. The topological polar surface area (TPSA) is 33.2 Å². The average Bonchev–Trinajstić information content (AvgIpc) is 2.99. The number of amides is 1. The van der Waals surface area contributed by atoms with Crippen molar-refractivity contribution in [3.05, 3.63) is 71.2 Å². The summed E-state index contributed by atoms with van der Waals surface area (Å²) >= 11 is 1.46. The van der Waals surface area contributed by atoms with Gasteiger partial charge in [0.25, 0.3) is 5.91 Å². The molecule has 1 amide bonds. The van der Waals surface area contributed by atoms with Gasteiger partial charge in [-0.15, -0.1) is 11.3 Å². The third kappa shape index (κ3) is 3.17. The SMILES string of the molecule is CCN(C(=O)c1sc(-c2ccccc2)nc1C)c1ccccc1. The van der Waals surface area contributed by atoms with E-state index in [1.54, 1.807) is 4.90 Å². The first-order chi connectivity index (χ1) is 11.2. The zero-order chi connectivity index (χ0) is 16.2. The molecule has 3 aromatic rings. The number of aromatic nitrogens is 1. The van der Waals surface area contributed by atoms with Crippen LogP contribution in [0.1, 0.15) is 22.3 Å². The van der Waals surface area contributed by atoms with E-state index in [1.807, 2.05) is 74.5 Å². The van der Waals surface area contributed by atoms with Gasteiger partial charge in [0.15, 0.2) is 0 Å². The molecular weight excluding hydrogens is 304 g/mol. The first kappa shape index (κ1) is 15.4. The van der Waals surface area contributed by atoms with E-state index in [4.69, 9.17) is 0 Å². The van der Waals surface area contributed by atoms with Gasteiger partial charge in [0, 0.05) is 17.8 Å². The van der Waals surface area contributed by atoms with Crippen LogP contribution in [0.3, 0.4) is 0 Å². The molecule has 0 radical (unpaired) electrons. The summed E-state index contributed by atoms with van der Waals surface area (Å²) in [4.78, 5) is 20.0. The second-order valence-electron chi connectivity index (χ2n) is 5.18. The summed E-state index contributed by atoms with van der Waals surface area (Å²) < 4.78 is 0. The van der Waals surface area contributed by atoms with Crippen molar-refractivity contribution >= 4 is 22.9 Å². The Morgan fingerprint density at radius 3 is 2.26 bits per heavy atom. The van der Waals surface area contributed by atoms with E-state index in [9.17, 15) is 4.79 Å². The van der Waals surface area contributed by atoms with Crippen LogP contribution < -0.4 is 4.90 Å². The van der Waals surface area contributed by atoms with Gasteiger partial charge < -0.3 is 4.90 Å². The second-order valence-corrected chi connectivity index (χ2v) is 6.18. The highest BCUT2D eigenvalue weighted by molar-refractivity contribution is 7.17. The Hall–Kier alpha value is -2.46. The quantitative estimate of drug-likeness (QED) is 0.692. The molecule has 2 aromatic carbocycles. The molecule has 0 aliphatic carbocycles. The van der Waals surface area contributed by atoms with Crippen LogP contribution in [0.2, 0.25) is 0 Å². The number of rotatable bonds is 4. The Labute approximate surface area is 140 Å². The number of para-hydroxylation sites is 1. The van der Waals surface area contributed by atoms with E-state index in [1.165, 1.54) is 11.3 Å². The van der Waals surface area contributed by atoms with Crippen LogP contribution in [0.15, 0.2) is 60.7 Å². The van der Waals surface area contributed by atoms with Gasteiger partial charge in [-0.05, 0) is 26.0 Å². The van der Waals surface area contributed by atoms with E-state index < -0.39 is 0 Å². The summed E-state index contributed by atoms with van der Waals surface area (Å²) in [5.74, 6) is 0.0101. The lowest BCUT2D eigenvalue weighted by Gasteiger charge is -2.20. The second kappa shape index (κ2) is 6.75. The zero-order valence-corrected chi connectivity index (χ0v) is 14.0. The van der Waals surface area contributed by atoms with E-state index >= 15 is 0 Å². The number of carbonyl (C=O) groups is 1. The zero-order valence-electron chi connectivity index (χ0n) is 13.2. The molecular formula is C19H18N2OS. The number of thiazole rings is 1. The number of anilines is 1. The highest BCUT2D eigenvalue weighted by Gasteiger charge is 2.22. The molecule has 0 saturated heterocycles. The fraction of sp³-hybridized carbons (Fsp3) is 0.158. The highest BCUT2D eigenvalue weighted by Crippen LogP contribution is 2.29. The fourth-order valence-electron chi connectivity index (χ4n) is 2.47. The fourth-order valence-corrected chi connectivity index (χ4v) is 3.49. The summed E-state index contributed by atoms with van der Waals surface area (Å²) in [7, 11) is 0. The molecule has 0 bridgehead atoms. The van der Waals surface area contributed by atoms with Crippen LogP contribution in [-0.4, -0.2) is 17.4 Å². The van der Waals surface area contributed by atoms with Crippen molar-refractivity contribution < 1.29 is 4.79 Å². The lowest BCUT2D eigenvalue weighted by atomic mass is 10.2. The number of aryl methyl sites for hydroxylation is 1. The van der Waals surface area contributed by atoms with Gasteiger partial charge in [-0.3, -0.25) is 4.79 Å². The van der Waals surface area contributed by atoms with E-state index in [0.29, 0.717) is 11.4 Å². The maximum atomic E-state index is 12.9. The van der Waals surface area contributed by atoms with E-state index in [0.717, 1.165) is 22.0 Å². The minimum atomic E-state index is 0.0101. The molecule has 0 aliphatic heterocycles. The molecule has 0 atom stereocenters. The van der Waals surface area contributed by atoms with Crippen molar-refractivity contribution in [3.8, 4) is 10.6 Å². The van der Waals surface area contributed by atoms with Crippen LogP contribution in [-0.2, 0) is 0 Å². The lowest BCUT2D eigenvalue weighted by Crippen LogP contribution is -2.30.